The van der Waals surface area contributed by atoms with Crippen molar-refractivity contribution in [2.75, 3.05) is 40.5 Å². The summed E-state index contributed by atoms with van der Waals surface area (Å²) in [6.07, 6.45) is 1.36. The van der Waals surface area contributed by atoms with Gasteiger partial charge in [0.15, 0.2) is 0 Å². The highest BCUT2D eigenvalue weighted by Crippen LogP contribution is 2.24. The molecule has 0 bridgehead atoms. The Balaban J connectivity index is 2.05. The molecule has 0 aromatic carbocycles. The van der Waals surface area contributed by atoms with Gasteiger partial charge in [0, 0.05) is 26.3 Å². The molecule has 0 radical (unpaired) electrons. The molecule has 9 heteroatoms. The van der Waals surface area contributed by atoms with Crippen LogP contribution in [0.25, 0.3) is 0 Å². The van der Waals surface area contributed by atoms with Crippen molar-refractivity contribution >= 4 is 11.7 Å². The Morgan fingerprint density at radius 1 is 1.21 bits per heavy atom. The smallest absolute Gasteiger partial charge is 0.240 e. The average Bonchev–Trinajstić information content (AvgIpc) is 3.29. The van der Waals surface area contributed by atoms with Crippen molar-refractivity contribution in [3.63, 3.8) is 0 Å². The maximum atomic E-state index is 12.9. The van der Waals surface area contributed by atoms with E-state index in [0.717, 1.165) is 6.42 Å². The van der Waals surface area contributed by atoms with E-state index in [0.29, 0.717) is 32.1 Å². The molecule has 0 aliphatic carbocycles. The van der Waals surface area contributed by atoms with Gasteiger partial charge < -0.3 is 24.2 Å². The van der Waals surface area contributed by atoms with Gasteiger partial charge in [0.25, 0.3) is 0 Å². The number of carbonyl (C=O) groups is 2. The monoisotopic (exact) mass is 396 g/mol. The summed E-state index contributed by atoms with van der Waals surface area (Å²) in [5.74, 6) is -0.0539. The topological polar surface area (TPSA) is 107 Å². The van der Waals surface area contributed by atoms with E-state index in [2.05, 4.69) is 15.5 Å². The second kappa shape index (κ2) is 9.11. The highest BCUT2D eigenvalue weighted by molar-refractivity contribution is 5.99. The molecule has 1 N–H and O–H groups in total. The molecule has 28 heavy (non-hydrogen) atoms. The van der Waals surface area contributed by atoms with Gasteiger partial charge in [-0.25, -0.2) is 0 Å². The van der Waals surface area contributed by atoms with E-state index in [-0.39, 0.29) is 29.6 Å². The van der Waals surface area contributed by atoms with Crippen LogP contribution >= 0.6 is 0 Å². The minimum Gasteiger partial charge on any atom is -0.384 e. The Kier molecular flexibility index (Phi) is 7.30. The standard InChI is InChI=1S/C19H32N4O5/c1-18(2,11-26-5)17-21-16(22-28-17)15(25)13-8-7-9-23(13)14(24)10-20-19(3,4)12-27-6/h13,20H,7-12H2,1-6H3. The van der Waals surface area contributed by atoms with Crippen molar-refractivity contribution in [2.45, 2.75) is 57.5 Å². The average molecular weight is 396 g/mol. The van der Waals surface area contributed by atoms with E-state index < -0.39 is 11.5 Å². The first-order valence-corrected chi connectivity index (χ1v) is 9.52. The van der Waals surface area contributed by atoms with Crippen LogP contribution in [0, 0.1) is 0 Å². The second-order valence-corrected chi connectivity index (χ2v) is 8.52. The number of carbonyl (C=O) groups excluding carboxylic acids is 2. The first-order valence-electron chi connectivity index (χ1n) is 9.52. The summed E-state index contributed by atoms with van der Waals surface area (Å²) < 4.78 is 15.6. The molecule has 9 nitrogen and oxygen atoms in total. The van der Waals surface area contributed by atoms with Gasteiger partial charge in [0.05, 0.1) is 31.2 Å². The number of aromatic nitrogens is 2. The zero-order valence-electron chi connectivity index (χ0n) is 17.7. The predicted octanol–water partition coefficient (Wildman–Crippen LogP) is 1.18. The normalized spacial score (nSPS) is 17.9. The molecule has 1 fully saturated rings. The lowest BCUT2D eigenvalue weighted by molar-refractivity contribution is -0.130. The second-order valence-electron chi connectivity index (χ2n) is 8.52. The molecule has 1 unspecified atom stereocenters. The Morgan fingerprint density at radius 2 is 1.89 bits per heavy atom. The van der Waals surface area contributed by atoms with Crippen LogP contribution in [-0.4, -0.2) is 78.8 Å². The van der Waals surface area contributed by atoms with Gasteiger partial charge in [-0.2, -0.15) is 4.98 Å². The molecular formula is C19H32N4O5. The number of likely N-dealkylation sites (tertiary alicyclic amines) is 1. The third-order valence-corrected chi connectivity index (χ3v) is 4.83. The van der Waals surface area contributed by atoms with Crippen molar-refractivity contribution in [1.29, 1.82) is 0 Å². The van der Waals surface area contributed by atoms with Crippen LogP contribution in [-0.2, 0) is 19.7 Å². The largest absolute Gasteiger partial charge is 0.384 e. The van der Waals surface area contributed by atoms with Crippen molar-refractivity contribution in [3.05, 3.63) is 11.7 Å². The zero-order chi connectivity index (χ0) is 20.9. The Morgan fingerprint density at radius 3 is 2.54 bits per heavy atom. The van der Waals surface area contributed by atoms with E-state index in [1.165, 1.54) is 0 Å². The summed E-state index contributed by atoms with van der Waals surface area (Å²) in [4.78, 5) is 31.5. The summed E-state index contributed by atoms with van der Waals surface area (Å²) in [5.41, 5.74) is -0.832. The lowest BCUT2D eigenvalue weighted by Crippen LogP contribution is -2.50. The number of nitrogens with zero attached hydrogens (tertiary/aromatic N) is 3. The van der Waals surface area contributed by atoms with Gasteiger partial charge in [-0.1, -0.05) is 5.16 Å². The molecule has 158 valence electrons. The molecule has 1 aromatic rings. The minimum atomic E-state index is -0.559. The summed E-state index contributed by atoms with van der Waals surface area (Å²) >= 11 is 0. The van der Waals surface area contributed by atoms with Crippen LogP contribution < -0.4 is 5.32 Å². The fourth-order valence-electron chi connectivity index (χ4n) is 3.34. The first kappa shape index (κ1) is 22.4. The quantitative estimate of drug-likeness (QED) is 0.588. The van der Waals surface area contributed by atoms with E-state index in [1.807, 2.05) is 27.7 Å². The molecule has 1 atom stereocenters. The lowest BCUT2D eigenvalue weighted by Gasteiger charge is -2.28. The molecule has 1 saturated heterocycles. The van der Waals surface area contributed by atoms with Crippen LogP contribution in [0.1, 0.15) is 57.0 Å². The molecule has 0 spiro atoms. The third kappa shape index (κ3) is 5.36. The summed E-state index contributed by atoms with van der Waals surface area (Å²) in [5, 5.41) is 7.03. The Labute approximate surface area is 166 Å². The number of methoxy groups -OCH3 is 2. The third-order valence-electron chi connectivity index (χ3n) is 4.83. The number of hydrogen-bond acceptors (Lipinski definition) is 8. The predicted molar refractivity (Wildman–Crippen MR) is 102 cm³/mol. The molecule has 2 heterocycles. The van der Waals surface area contributed by atoms with Gasteiger partial charge in [-0.3, -0.25) is 9.59 Å². The van der Waals surface area contributed by atoms with E-state index in [1.54, 1.807) is 19.1 Å². The molecule has 1 amide bonds. The molecular weight excluding hydrogens is 364 g/mol. The number of ketones is 1. The van der Waals surface area contributed by atoms with Gasteiger partial charge in [0.1, 0.15) is 0 Å². The van der Waals surface area contributed by atoms with Gasteiger partial charge in [-0.05, 0) is 40.5 Å². The van der Waals surface area contributed by atoms with E-state index in [4.69, 9.17) is 14.0 Å². The van der Waals surface area contributed by atoms with E-state index in [9.17, 15) is 9.59 Å². The maximum Gasteiger partial charge on any atom is 0.240 e. The molecule has 1 aromatic heterocycles. The minimum absolute atomic E-state index is 0.0107. The highest BCUT2D eigenvalue weighted by Gasteiger charge is 2.38. The molecule has 1 aliphatic heterocycles. The molecule has 2 rings (SSSR count). The number of nitrogens with one attached hydrogen (secondary N) is 1. The summed E-state index contributed by atoms with van der Waals surface area (Å²) in [6.45, 7) is 9.26. The van der Waals surface area contributed by atoms with Crippen molar-refractivity contribution in [3.8, 4) is 0 Å². The van der Waals surface area contributed by atoms with Crippen LogP contribution in [0.4, 0.5) is 0 Å². The first-order chi connectivity index (χ1) is 13.1. The highest BCUT2D eigenvalue weighted by atomic mass is 16.5. The van der Waals surface area contributed by atoms with Crippen molar-refractivity contribution in [2.24, 2.45) is 0 Å². The number of rotatable bonds is 10. The zero-order valence-corrected chi connectivity index (χ0v) is 17.7. The van der Waals surface area contributed by atoms with E-state index >= 15 is 0 Å². The van der Waals surface area contributed by atoms with Gasteiger partial charge in [0.2, 0.25) is 23.4 Å². The van der Waals surface area contributed by atoms with Crippen LogP contribution in [0.15, 0.2) is 4.52 Å². The molecule has 0 saturated carbocycles. The summed E-state index contributed by atoms with van der Waals surface area (Å²) in [7, 11) is 3.21. The Bertz CT molecular complexity index is 686. The lowest BCUT2D eigenvalue weighted by atomic mass is 9.95. The fourth-order valence-corrected chi connectivity index (χ4v) is 3.34. The van der Waals surface area contributed by atoms with Crippen LogP contribution in [0.2, 0.25) is 0 Å². The molecule has 1 aliphatic rings. The number of amides is 1. The van der Waals surface area contributed by atoms with Crippen molar-refractivity contribution < 1.29 is 23.6 Å². The van der Waals surface area contributed by atoms with Gasteiger partial charge >= 0.3 is 0 Å². The SMILES string of the molecule is COCC(C)(C)NCC(=O)N1CCCC1C(=O)c1noc(C(C)(C)COC)n1. The number of Topliss-reactive ketones (excluding diaryl/α,β-unsaturated/α-hetero) is 1. The maximum absolute atomic E-state index is 12.9. The number of hydrogen-bond donors (Lipinski definition) is 1. The van der Waals surface area contributed by atoms with Gasteiger partial charge in [-0.15, -0.1) is 0 Å². The number of ether oxygens (including phenoxy) is 2. The summed E-state index contributed by atoms with van der Waals surface area (Å²) in [6, 6.07) is -0.559. The Hall–Kier alpha value is -1.84. The van der Waals surface area contributed by atoms with Crippen LogP contribution in [0.3, 0.4) is 0 Å². The van der Waals surface area contributed by atoms with Crippen molar-refractivity contribution in [1.82, 2.24) is 20.4 Å². The fraction of sp³-hybridized carbons (Fsp3) is 0.789. The van der Waals surface area contributed by atoms with Crippen LogP contribution in [0.5, 0.6) is 0 Å².